The number of carbonyl (C=O) groups excluding carboxylic acids is 2. The molecule has 37 heavy (non-hydrogen) atoms. The molecule has 196 valence electrons. The normalized spacial score (nSPS) is 21.5. The van der Waals surface area contributed by atoms with Gasteiger partial charge < -0.3 is 29.1 Å². The number of pyridine rings is 1. The quantitative estimate of drug-likeness (QED) is 0.640. The standard InChI is InChI=1S/C28H33N3O6/c1-17-13-31(18(2)15-32)28(34)22-10-21(19-6-4-5-7-19)12-29-26(22)37-25(17)14-30(3)27(33)20-8-9-23-24(11-20)36-16-35-23/h6,8-12,17-18,25,32H,4-5,7,13-16H2,1-3H3/t17-,18-,25-/m1/s1. The van der Waals surface area contributed by atoms with Crippen molar-refractivity contribution < 1.29 is 28.9 Å². The minimum absolute atomic E-state index is 0.128. The average Bonchev–Trinajstić information content (AvgIpc) is 3.61. The Bertz CT molecular complexity index is 1230. The largest absolute Gasteiger partial charge is 0.472 e. The Labute approximate surface area is 216 Å². The van der Waals surface area contributed by atoms with Gasteiger partial charge in [-0.3, -0.25) is 9.59 Å². The van der Waals surface area contributed by atoms with Gasteiger partial charge in [0.25, 0.3) is 11.8 Å². The van der Waals surface area contributed by atoms with Gasteiger partial charge in [-0.15, -0.1) is 0 Å². The van der Waals surface area contributed by atoms with Crippen molar-refractivity contribution in [2.24, 2.45) is 5.92 Å². The summed E-state index contributed by atoms with van der Waals surface area (Å²) >= 11 is 0. The van der Waals surface area contributed by atoms with Gasteiger partial charge in [0.2, 0.25) is 12.7 Å². The maximum absolute atomic E-state index is 13.6. The van der Waals surface area contributed by atoms with Crippen molar-refractivity contribution in [1.29, 1.82) is 0 Å². The van der Waals surface area contributed by atoms with Gasteiger partial charge in [-0.1, -0.05) is 13.0 Å². The van der Waals surface area contributed by atoms with Gasteiger partial charge >= 0.3 is 0 Å². The summed E-state index contributed by atoms with van der Waals surface area (Å²) in [6.07, 6.45) is 6.59. The Kier molecular flexibility index (Phi) is 7.06. The van der Waals surface area contributed by atoms with E-state index in [1.54, 1.807) is 41.2 Å². The molecule has 0 fully saturated rings. The number of rotatable bonds is 6. The lowest BCUT2D eigenvalue weighted by atomic mass is 9.99. The molecule has 2 aliphatic heterocycles. The van der Waals surface area contributed by atoms with Gasteiger partial charge in [0.05, 0.1) is 19.2 Å². The molecule has 3 heterocycles. The fourth-order valence-electron chi connectivity index (χ4n) is 5.03. The summed E-state index contributed by atoms with van der Waals surface area (Å²) in [6, 6.07) is 6.62. The molecule has 2 aromatic rings. The second-order valence-electron chi connectivity index (χ2n) is 10.1. The summed E-state index contributed by atoms with van der Waals surface area (Å²) in [5, 5.41) is 9.88. The van der Waals surface area contributed by atoms with Crippen LogP contribution in [0.15, 0.2) is 36.5 Å². The number of likely N-dealkylation sites (N-methyl/N-ethyl adjacent to an activating group) is 1. The molecule has 0 spiro atoms. The van der Waals surface area contributed by atoms with Gasteiger partial charge in [-0.25, -0.2) is 4.98 Å². The first-order valence-electron chi connectivity index (χ1n) is 12.8. The number of carbonyl (C=O) groups is 2. The Balaban J connectivity index is 1.42. The number of amides is 2. The predicted octanol–water partition coefficient (Wildman–Crippen LogP) is 3.37. The second-order valence-corrected chi connectivity index (χ2v) is 10.1. The van der Waals surface area contributed by atoms with E-state index in [1.807, 2.05) is 19.9 Å². The number of aromatic nitrogens is 1. The van der Waals surface area contributed by atoms with E-state index in [-0.39, 0.29) is 49.6 Å². The van der Waals surface area contributed by atoms with Crippen LogP contribution in [0.4, 0.5) is 0 Å². The lowest BCUT2D eigenvalue weighted by Crippen LogP contribution is -2.50. The molecule has 9 heteroatoms. The van der Waals surface area contributed by atoms with Gasteiger partial charge in [0.15, 0.2) is 11.5 Å². The zero-order valence-electron chi connectivity index (χ0n) is 21.5. The van der Waals surface area contributed by atoms with Crippen LogP contribution < -0.4 is 14.2 Å². The van der Waals surface area contributed by atoms with E-state index in [0.29, 0.717) is 29.2 Å². The van der Waals surface area contributed by atoms with Crippen LogP contribution in [0.1, 0.15) is 59.4 Å². The Morgan fingerprint density at radius 3 is 2.84 bits per heavy atom. The number of hydrogen-bond acceptors (Lipinski definition) is 7. The monoisotopic (exact) mass is 507 g/mol. The second kappa shape index (κ2) is 10.4. The molecule has 1 aromatic carbocycles. The minimum Gasteiger partial charge on any atom is -0.472 e. The highest BCUT2D eigenvalue weighted by atomic mass is 16.7. The Hall–Kier alpha value is -3.59. The lowest BCUT2D eigenvalue weighted by Gasteiger charge is -2.37. The average molecular weight is 508 g/mol. The molecule has 2 amide bonds. The van der Waals surface area contributed by atoms with Gasteiger partial charge in [-0.2, -0.15) is 0 Å². The molecule has 0 bridgehead atoms. The maximum atomic E-state index is 13.6. The third kappa shape index (κ3) is 5.00. The first-order valence-corrected chi connectivity index (χ1v) is 12.8. The summed E-state index contributed by atoms with van der Waals surface area (Å²) in [5.41, 5.74) is 2.98. The van der Waals surface area contributed by atoms with Crippen LogP contribution >= 0.6 is 0 Å². The topological polar surface area (TPSA) is 101 Å². The van der Waals surface area contributed by atoms with Crippen LogP contribution in [-0.2, 0) is 0 Å². The van der Waals surface area contributed by atoms with Crippen LogP contribution in [0.3, 0.4) is 0 Å². The molecule has 0 unspecified atom stereocenters. The van der Waals surface area contributed by atoms with E-state index in [0.717, 1.165) is 24.8 Å². The summed E-state index contributed by atoms with van der Waals surface area (Å²) in [5.74, 6) is 0.909. The van der Waals surface area contributed by atoms with Crippen molar-refractivity contribution in [3.05, 3.63) is 53.2 Å². The molecule has 9 nitrogen and oxygen atoms in total. The molecule has 0 radical (unpaired) electrons. The molecule has 3 aliphatic rings. The summed E-state index contributed by atoms with van der Waals surface area (Å²) in [4.78, 5) is 34.7. The van der Waals surface area contributed by atoms with Gasteiger partial charge in [0.1, 0.15) is 11.7 Å². The molecule has 0 saturated heterocycles. The van der Waals surface area contributed by atoms with Crippen molar-refractivity contribution >= 4 is 17.4 Å². The van der Waals surface area contributed by atoms with Gasteiger partial charge in [-0.05, 0) is 61.6 Å². The molecule has 5 rings (SSSR count). The summed E-state index contributed by atoms with van der Waals surface area (Å²) < 4.78 is 17.1. The van der Waals surface area contributed by atoms with E-state index < -0.39 is 6.10 Å². The third-order valence-corrected chi connectivity index (χ3v) is 7.35. The van der Waals surface area contributed by atoms with E-state index in [9.17, 15) is 14.7 Å². The number of benzene rings is 1. The van der Waals surface area contributed by atoms with E-state index in [4.69, 9.17) is 14.2 Å². The van der Waals surface area contributed by atoms with Crippen LogP contribution in [0.2, 0.25) is 0 Å². The summed E-state index contributed by atoms with van der Waals surface area (Å²) in [6.45, 7) is 4.47. The third-order valence-electron chi connectivity index (χ3n) is 7.35. The van der Waals surface area contributed by atoms with Crippen molar-refractivity contribution in [2.45, 2.75) is 45.3 Å². The highest BCUT2D eigenvalue weighted by Crippen LogP contribution is 2.34. The molecule has 1 N–H and O–H groups in total. The highest BCUT2D eigenvalue weighted by molar-refractivity contribution is 5.98. The number of allylic oxidation sites excluding steroid dienone is 2. The minimum atomic E-state index is -0.424. The number of nitrogens with zero attached hydrogens (tertiary/aromatic N) is 3. The van der Waals surface area contributed by atoms with Crippen molar-refractivity contribution in [1.82, 2.24) is 14.8 Å². The first kappa shape index (κ1) is 25.1. The molecular formula is C28H33N3O6. The zero-order chi connectivity index (χ0) is 26.1. The van der Waals surface area contributed by atoms with Crippen LogP contribution in [0, 0.1) is 5.92 Å². The highest BCUT2D eigenvalue weighted by Gasteiger charge is 2.35. The van der Waals surface area contributed by atoms with Crippen molar-refractivity contribution in [3.63, 3.8) is 0 Å². The predicted molar refractivity (Wildman–Crippen MR) is 137 cm³/mol. The first-order chi connectivity index (χ1) is 17.9. The Morgan fingerprint density at radius 1 is 1.27 bits per heavy atom. The SMILES string of the molecule is C[C@@H]1CN([C@H](C)CO)C(=O)c2cc(C3=CCCC3)cnc2O[C@@H]1CN(C)C(=O)c1ccc2c(c1)OCO2. The molecule has 3 atom stereocenters. The molecular weight excluding hydrogens is 474 g/mol. The van der Waals surface area contributed by atoms with E-state index in [1.165, 1.54) is 5.57 Å². The van der Waals surface area contributed by atoms with Crippen LogP contribution in [-0.4, -0.2) is 77.4 Å². The fraction of sp³-hybridized carbons (Fsp3) is 0.464. The summed E-state index contributed by atoms with van der Waals surface area (Å²) in [7, 11) is 1.73. The molecule has 1 aromatic heterocycles. The smallest absolute Gasteiger partial charge is 0.259 e. The van der Waals surface area contributed by atoms with E-state index >= 15 is 0 Å². The lowest BCUT2D eigenvalue weighted by molar-refractivity contribution is 0.0313. The van der Waals surface area contributed by atoms with Crippen LogP contribution in [0.25, 0.3) is 5.57 Å². The maximum Gasteiger partial charge on any atom is 0.259 e. The van der Waals surface area contributed by atoms with Crippen LogP contribution in [0.5, 0.6) is 17.4 Å². The molecule has 0 saturated carbocycles. The number of aliphatic hydroxyl groups is 1. The van der Waals surface area contributed by atoms with Crippen molar-refractivity contribution in [3.8, 4) is 17.4 Å². The number of hydrogen-bond donors (Lipinski definition) is 1. The Morgan fingerprint density at radius 2 is 2.08 bits per heavy atom. The van der Waals surface area contributed by atoms with Gasteiger partial charge in [0, 0.05) is 31.3 Å². The van der Waals surface area contributed by atoms with Crippen molar-refractivity contribution in [2.75, 3.05) is 33.5 Å². The number of ether oxygens (including phenoxy) is 3. The molecule has 1 aliphatic carbocycles. The number of fused-ring (bicyclic) bond motifs is 2. The number of aliphatic hydroxyl groups excluding tert-OH is 1. The fourth-order valence-corrected chi connectivity index (χ4v) is 5.03. The van der Waals surface area contributed by atoms with E-state index in [2.05, 4.69) is 11.1 Å². The zero-order valence-corrected chi connectivity index (χ0v) is 21.5.